The molecule has 13 heteroatoms. The van der Waals surface area contributed by atoms with E-state index in [0.29, 0.717) is 32.4 Å². The lowest BCUT2D eigenvalue weighted by Gasteiger charge is -2.44. The third-order valence-electron chi connectivity index (χ3n) is 11.5. The molecule has 1 fully saturated rings. The number of ether oxygens (including phenoxy) is 2. The number of amides is 3. The summed E-state index contributed by atoms with van der Waals surface area (Å²) in [6, 6.07) is 8.79. The standard InChI is InChI=1S/C41H66N6O6S/c1-12-27(4)34(46(9)39(51)41(42,26(2)3)38(50)40(6,7)25-43-8)32(52-10)24-33(48)47-21-16-19-31(47)35(53-11)28(5)36(49)45-30(37-44-20-22-54-37)23-29-17-14-13-15-18-29/h13-15,17-18,20,22,26-28,30-32,34-35,43H,12,16,19,21,23-25,42H2,1-11H3,(H,45,49)/t27-,28+,30-,31-,32+,34-,35+,41+/m0/s1. The van der Waals surface area contributed by atoms with Crippen molar-refractivity contribution in [3.63, 3.8) is 0 Å². The third-order valence-corrected chi connectivity index (χ3v) is 12.3. The SMILES string of the molecule is CC[C@H](C)[C@@H]([C@@H](CC(=O)N1CCC[C@H]1[C@H](OC)[C@@H](C)C(=O)N[C@@H](Cc1ccccc1)c1nccs1)OC)N(C)C(=O)[C@](N)(C(=O)C(C)(C)CNC)C(C)C. The van der Waals surface area contributed by atoms with Crippen LogP contribution in [0.4, 0.5) is 0 Å². The van der Waals surface area contributed by atoms with Crippen molar-refractivity contribution in [2.75, 3.05) is 41.4 Å². The molecule has 0 unspecified atom stereocenters. The normalized spacial score (nSPS) is 19.4. The maximum Gasteiger partial charge on any atom is 0.250 e. The van der Waals surface area contributed by atoms with Crippen LogP contribution in [0, 0.1) is 23.2 Å². The minimum Gasteiger partial charge on any atom is -0.379 e. The second-order valence-corrected chi connectivity index (χ2v) is 16.9. The zero-order valence-corrected chi connectivity index (χ0v) is 35.2. The van der Waals surface area contributed by atoms with Crippen LogP contribution < -0.4 is 16.4 Å². The van der Waals surface area contributed by atoms with E-state index in [-0.39, 0.29) is 42.0 Å². The summed E-state index contributed by atoms with van der Waals surface area (Å²) in [7, 11) is 6.55. The average Bonchev–Trinajstić information content (AvgIpc) is 3.87. The van der Waals surface area contributed by atoms with Gasteiger partial charge in [0.05, 0.1) is 42.7 Å². The summed E-state index contributed by atoms with van der Waals surface area (Å²) < 4.78 is 12.1. The van der Waals surface area contributed by atoms with Crippen molar-refractivity contribution in [2.45, 2.75) is 116 Å². The minimum absolute atomic E-state index is 0.00171. The first-order valence-electron chi connectivity index (χ1n) is 19.3. The predicted octanol–water partition coefficient (Wildman–Crippen LogP) is 4.63. The van der Waals surface area contributed by atoms with Crippen LogP contribution in [0.15, 0.2) is 41.9 Å². The van der Waals surface area contributed by atoms with Crippen molar-refractivity contribution in [1.29, 1.82) is 0 Å². The number of nitrogens with zero attached hydrogens (tertiary/aromatic N) is 3. The number of methoxy groups -OCH3 is 2. The van der Waals surface area contributed by atoms with Crippen LogP contribution in [0.2, 0.25) is 0 Å². The molecule has 8 atom stereocenters. The molecule has 0 spiro atoms. The predicted molar refractivity (Wildman–Crippen MR) is 214 cm³/mol. The Kier molecular flexibility index (Phi) is 16.8. The number of hydrogen-bond donors (Lipinski definition) is 3. The van der Waals surface area contributed by atoms with Gasteiger partial charge >= 0.3 is 0 Å². The topological polar surface area (TPSA) is 156 Å². The quantitative estimate of drug-likeness (QED) is 0.154. The molecule has 302 valence electrons. The number of Topliss-reactive ketones (excluding diaryl/α,β-unsaturated/α-hetero) is 1. The largest absolute Gasteiger partial charge is 0.379 e. The van der Waals surface area contributed by atoms with Gasteiger partial charge in [-0.05, 0) is 43.7 Å². The molecule has 2 heterocycles. The molecule has 0 bridgehead atoms. The smallest absolute Gasteiger partial charge is 0.250 e. The monoisotopic (exact) mass is 770 g/mol. The van der Waals surface area contributed by atoms with Gasteiger partial charge in [0.2, 0.25) is 11.8 Å². The number of aromatic nitrogens is 1. The maximum absolute atomic E-state index is 14.4. The molecule has 4 N–H and O–H groups in total. The van der Waals surface area contributed by atoms with E-state index < -0.39 is 46.9 Å². The fraction of sp³-hybridized carbons (Fsp3) is 0.683. The van der Waals surface area contributed by atoms with Gasteiger partial charge in [-0.2, -0.15) is 0 Å². The Morgan fingerprint density at radius 1 is 1.09 bits per heavy atom. The van der Waals surface area contributed by atoms with Gasteiger partial charge in [-0.25, -0.2) is 4.98 Å². The Hall–Kier alpha value is -3.23. The fourth-order valence-electron chi connectivity index (χ4n) is 8.03. The Morgan fingerprint density at radius 3 is 2.30 bits per heavy atom. The van der Waals surface area contributed by atoms with Crippen LogP contribution in [-0.2, 0) is 35.1 Å². The van der Waals surface area contributed by atoms with Crippen molar-refractivity contribution in [3.05, 3.63) is 52.5 Å². The lowest BCUT2D eigenvalue weighted by atomic mass is 9.70. The molecule has 12 nitrogen and oxygen atoms in total. The number of hydrogen-bond acceptors (Lipinski definition) is 10. The van der Waals surface area contributed by atoms with Crippen LogP contribution >= 0.6 is 11.3 Å². The van der Waals surface area contributed by atoms with Crippen LogP contribution in [0.3, 0.4) is 0 Å². The Balaban J connectivity index is 1.83. The summed E-state index contributed by atoms with van der Waals surface area (Å²) in [5.74, 6) is -2.29. The van der Waals surface area contributed by atoms with Gasteiger partial charge in [0, 0.05) is 51.3 Å². The zero-order chi connectivity index (χ0) is 40.4. The third kappa shape index (κ3) is 10.3. The molecule has 54 heavy (non-hydrogen) atoms. The summed E-state index contributed by atoms with van der Waals surface area (Å²) in [6.45, 7) is 13.9. The number of nitrogens with one attached hydrogen (secondary N) is 2. The van der Waals surface area contributed by atoms with E-state index in [4.69, 9.17) is 15.2 Å². The molecule has 1 saturated heterocycles. The Morgan fingerprint density at radius 2 is 1.76 bits per heavy atom. The van der Waals surface area contributed by atoms with Crippen LogP contribution in [-0.4, -0.2) is 110 Å². The Bertz CT molecular complexity index is 1510. The number of carbonyl (C=O) groups is 4. The summed E-state index contributed by atoms with van der Waals surface area (Å²) in [5.41, 5.74) is 5.25. The van der Waals surface area contributed by atoms with Gasteiger partial charge in [0.25, 0.3) is 5.91 Å². The van der Waals surface area contributed by atoms with Crippen molar-refractivity contribution in [1.82, 2.24) is 25.4 Å². The molecule has 1 aromatic carbocycles. The van der Waals surface area contributed by atoms with Gasteiger partial charge < -0.3 is 35.6 Å². The van der Waals surface area contributed by atoms with Crippen molar-refractivity contribution < 1.29 is 28.7 Å². The number of rotatable bonds is 21. The summed E-state index contributed by atoms with van der Waals surface area (Å²) in [6.07, 6.45) is 3.23. The van der Waals surface area contributed by atoms with E-state index in [1.807, 2.05) is 61.4 Å². The number of carbonyl (C=O) groups excluding carboxylic acids is 4. The Labute approximate surface area is 327 Å². The lowest BCUT2D eigenvalue weighted by molar-refractivity contribution is -0.155. The van der Waals surface area contributed by atoms with E-state index in [9.17, 15) is 19.2 Å². The first kappa shape index (κ1) is 45.2. The number of likely N-dealkylation sites (tertiary alicyclic amines) is 1. The summed E-state index contributed by atoms with van der Waals surface area (Å²) in [5, 5.41) is 8.99. The second kappa shape index (κ2) is 20.1. The van der Waals surface area contributed by atoms with E-state index >= 15 is 0 Å². The molecule has 1 aliphatic heterocycles. The number of nitrogens with two attached hydrogens (primary N) is 1. The van der Waals surface area contributed by atoms with E-state index in [2.05, 4.69) is 15.6 Å². The summed E-state index contributed by atoms with van der Waals surface area (Å²) >= 11 is 1.50. The van der Waals surface area contributed by atoms with Crippen molar-refractivity contribution in [2.24, 2.45) is 28.9 Å². The molecule has 1 aromatic heterocycles. The number of ketones is 1. The first-order valence-corrected chi connectivity index (χ1v) is 20.2. The van der Waals surface area contributed by atoms with Crippen molar-refractivity contribution >= 4 is 34.8 Å². The highest BCUT2D eigenvalue weighted by Crippen LogP contribution is 2.33. The first-order chi connectivity index (χ1) is 25.5. The van der Waals surface area contributed by atoms with E-state index in [1.54, 1.807) is 67.1 Å². The highest BCUT2D eigenvalue weighted by atomic mass is 32.1. The highest BCUT2D eigenvalue weighted by molar-refractivity contribution is 7.09. The van der Waals surface area contributed by atoms with Gasteiger partial charge in [-0.1, -0.05) is 85.2 Å². The minimum atomic E-state index is -1.79. The molecular weight excluding hydrogens is 705 g/mol. The van der Waals surface area contributed by atoms with Crippen LogP contribution in [0.5, 0.6) is 0 Å². The number of benzene rings is 1. The van der Waals surface area contributed by atoms with Gasteiger partial charge in [0.15, 0.2) is 11.3 Å². The van der Waals surface area contributed by atoms with Gasteiger partial charge in [0.1, 0.15) is 5.01 Å². The molecule has 3 rings (SSSR count). The highest BCUT2D eigenvalue weighted by Gasteiger charge is 2.53. The fourth-order valence-corrected chi connectivity index (χ4v) is 8.72. The maximum atomic E-state index is 14.4. The molecule has 2 aromatic rings. The number of likely N-dealkylation sites (N-methyl/N-ethyl adjacent to an activating group) is 1. The molecule has 0 aliphatic carbocycles. The van der Waals surface area contributed by atoms with E-state index in [0.717, 1.165) is 17.0 Å². The van der Waals surface area contributed by atoms with Gasteiger partial charge in [-0.15, -0.1) is 11.3 Å². The average molecular weight is 771 g/mol. The van der Waals surface area contributed by atoms with Crippen molar-refractivity contribution in [3.8, 4) is 0 Å². The molecule has 1 aliphatic rings. The summed E-state index contributed by atoms with van der Waals surface area (Å²) in [4.78, 5) is 64.5. The molecule has 3 amide bonds. The molecule has 0 radical (unpaired) electrons. The zero-order valence-electron chi connectivity index (χ0n) is 34.4. The van der Waals surface area contributed by atoms with Crippen LogP contribution in [0.1, 0.15) is 90.8 Å². The molecular formula is C41H66N6O6S. The number of thiazole rings is 1. The van der Waals surface area contributed by atoms with E-state index in [1.165, 1.54) is 11.3 Å². The van der Waals surface area contributed by atoms with Gasteiger partial charge in [-0.3, -0.25) is 19.2 Å². The van der Waals surface area contributed by atoms with Crippen LogP contribution in [0.25, 0.3) is 0 Å². The molecule has 0 saturated carbocycles. The lowest BCUT2D eigenvalue weighted by Crippen LogP contribution is -2.69. The second-order valence-electron chi connectivity index (χ2n) is 15.9.